The van der Waals surface area contributed by atoms with Crippen molar-refractivity contribution in [2.24, 2.45) is 0 Å². The van der Waals surface area contributed by atoms with Crippen LogP contribution in [0.3, 0.4) is 0 Å². The number of carbonyl (C=O) groups is 1. The van der Waals surface area contributed by atoms with Crippen molar-refractivity contribution >= 4 is 5.91 Å². The molecular weight excluding hydrogens is 249 g/mol. The second-order valence-electron chi connectivity index (χ2n) is 4.78. The Morgan fingerprint density at radius 3 is 2.28 bits per heavy atom. The van der Waals surface area contributed by atoms with E-state index in [1.807, 2.05) is 13.8 Å². The van der Waals surface area contributed by atoms with Crippen LogP contribution in [0.25, 0.3) is 0 Å². The van der Waals surface area contributed by atoms with Gasteiger partial charge in [-0.1, -0.05) is 0 Å². The summed E-state index contributed by atoms with van der Waals surface area (Å²) >= 11 is 0. The summed E-state index contributed by atoms with van der Waals surface area (Å²) < 4.78 is 41.4. The Hall–Kier alpha value is -0.820. The lowest BCUT2D eigenvalue weighted by Gasteiger charge is -2.31. The number of carbonyl (C=O) groups excluding carboxylic acids is 1. The predicted octanol–water partition coefficient (Wildman–Crippen LogP) is 1.41. The molecule has 0 rings (SSSR count). The van der Waals surface area contributed by atoms with Gasteiger partial charge in [-0.05, 0) is 20.8 Å². The fraction of sp³-hybridized carbons (Fsp3) is 0.909. The van der Waals surface area contributed by atoms with Crippen LogP contribution in [0.15, 0.2) is 0 Å². The maximum atomic E-state index is 12.1. The van der Waals surface area contributed by atoms with Crippen LogP contribution in [-0.4, -0.2) is 55.9 Å². The Balaban J connectivity index is 4.19. The Morgan fingerprint density at radius 2 is 1.89 bits per heavy atom. The number of likely N-dealkylation sites (N-methyl/N-ethyl adjacent to an activating group) is 1. The highest BCUT2D eigenvalue weighted by molar-refractivity contribution is 5.78. The molecule has 1 atom stereocenters. The third-order valence-electron chi connectivity index (χ3n) is 2.97. The maximum Gasteiger partial charge on any atom is 0.406 e. The lowest BCUT2D eigenvalue weighted by Crippen LogP contribution is -2.50. The van der Waals surface area contributed by atoms with Crippen molar-refractivity contribution in [2.75, 3.05) is 27.2 Å². The fourth-order valence-corrected chi connectivity index (χ4v) is 1.16. The van der Waals surface area contributed by atoms with Gasteiger partial charge in [-0.15, -0.1) is 0 Å². The van der Waals surface area contributed by atoms with Gasteiger partial charge in [-0.3, -0.25) is 4.79 Å². The summed E-state index contributed by atoms with van der Waals surface area (Å²) in [6, 6.07) is -0.161. The first kappa shape index (κ1) is 17.2. The summed E-state index contributed by atoms with van der Waals surface area (Å²) in [5.74, 6) is -0.605. The van der Waals surface area contributed by atoms with Gasteiger partial charge in [0, 0.05) is 20.2 Å². The van der Waals surface area contributed by atoms with Crippen LogP contribution < -0.4 is 5.32 Å². The molecule has 1 amide bonds. The van der Waals surface area contributed by atoms with Crippen LogP contribution in [0.5, 0.6) is 0 Å². The van der Waals surface area contributed by atoms with E-state index in [4.69, 9.17) is 4.74 Å². The van der Waals surface area contributed by atoms with Gasteiger partial charge in [0.2, 0.25) is 5.91 Å². The molecule has 0 aliphatic carbocycles. The van der Waals surface area contributed by atoms with Crippen molar-refractivity contribution in [3.8, 4) is 0 Å². The summed E-state index contributed by atoms with van der Waals surface area (Å²) in [5, 5.41) is 2.86. The van der Waals surface area contributed by atoms with Crippen molar-refractivity contribution < 1.29 is 22.7 Å². The van der Waals surface area contributed by atoms with Crippen molar-refractivity contribution in [3.05, 3.63) is 0 Å². The van der Waals surface area contributed by atoms with E-state index in [0.717, 1.165) is 7.05 Å². The smallest absolute Gasteiger partial charge is 0.377 e. The quantitative estimate of drug-likeness (QED) is 0.793. The van der Waals surface area contributed by atoms with Gasteiger partial charge in [0.1, 0.15) is 6.54 Å². The third kappa shape index (κ3) is 6.20. The maximum absolute atomic E-state index is 12.1. The first-order valence-electron chi connectivity index (χ1n) is 5.59. The number of nitrogens with one attached hydrogen (secondary N) is 1. The van der Waals surface area contributed by atoms with Gasteiger partial charge < -0.3 is 15.0 Å². The molecule has 0 aliphatic rings. The standard InChI is InChI=1S/C11H21F3N2O2/c1-8(10(2,3)18-5)15-6-9(17)16(4)7-11(12,13)14/h8,15H,6-7H2,1-5H3/t8-/m1/s1. The number of alkyl halides is 3. The number of nitrogens with zero attached hydrogens (tertiary/aromatic N) is 1. The van der Waals surface area contributed by atoms with Crippen LogP contribution in [-0.2, 0) is 9.53 Å². The predicted molar refractivity (Wildman–Crippen MR) is 62.2 cm³/mol. The zero-order valence-corrected chi connectivity index (χ0v) is 11.4. The molecule has 0 aromatic heterocycles. The molecule has 0 aromatic rings. The number of hydrogen-bond donors (Lipinski definition) is 1. The van der Waals surface area contributed by atoms with Crippen molar-refractivity contribution in [2.45, 2.75) is 38.6 Å². The largest absolute Gasteiger partial charge is 0.406 e. The van der Waals surface area contributed by atoms with Gasteiger partial charge in [0.05, 0.1) is 12.1 Å². The Kier molecular flexibility index (Phi) is 6.09. The molecule has 0 fully saturated rings. The summed E-state index contributed by atoms with van der Waals surface area (Å²) in [5.41, 5.74) is -0.497. The molecule has 0 heterocycles. The summed E-state index contributed by atoms with van der Waals surface area (Å²) in [6.45, 7) is 4.07. The Labute approximate surface area is 105 Å². The molecule has 0 saturated heterocycles. The average molecular weight is 270 g/mol. The molecule has 0 spiro atoms. The van der Waals surface area contributed by atoms with Crippen molar-refractivity contribution in [3.63, 3.8) is 0 Å². The van der Waals surface area contributed by atoms with E-state index in [1.54, 1.807) is 6.92 Å². The molecule has 108 valence electrons. The van der Waals surface area contributed by atoms with Crippen molar-refractivity contribution in [1.82, 2.24) is 10.2 Å². The summed E-state index contributed by atoms with van der Waals surface area (Å²) in [4.78, 5) is 12.1. The van der Waals surface area contributed by atoms with Crippen LogP contribution in [0.1, 0.15) is 20.8 Å². The minimum atomic E-state index is -4.37. The molecule has 0 aliphatic heterocycles. The van der Waals surface area contributed by atoms with Crippen LogP contribution >= 0.6 is 0 Å². The average Bonchev–Trinajstić information content (AvgIpc) is 2.22. The van der Waals surface area contributed by atoms with Gasteiger partial charge in [0.15, 0.2) is 0 Å². The lowest BCUT2D eigenvalue weighted by atomic mass is 10.0. The van der Waals surface area contributed by atoms with Crippen molar-refractivity contribution in [1.29, 1.82) is 0 Å². The Bertz CT molecular complexity index is 280. The normalized spacial score (nSPS) is 14.4. The fourth-order valence-electron chi connectivity index (χ4n) is 1.16. The van der Waals surface area contributed by atoms with Crippen LogP contribution in [0, 0.1) is 0 Å². The van der Waals surface area contributed by atoms with Gasteiger partial charge in [0.25, 0.3) is 0 Å². The van der Waals surface area contributed by atoms with Gasteiger partial charge >= 0.3 is 6.18 Å². The van der Waals surface area contributed by atoms with E-state index < -0.39 is 24.2 Å². The minimum absolute atomic E-state index is 0.152. The monoisotopic (exact) mass is 270 g/mol. The topological polar surface area (TPSA) is 41.6 Å². The number of amides is 1. The molecule has 0 unspecified atom stereocenters. The molecule has 4 nitrogen and oxygen atoms in total. The molecule has 7 heteroatoms. The number of rotatable bonds is 6. The van der Waals surface area contributed by atoms with Crippen LogP contribution in [0.4, 0.5) is 13.2 Å². The first-order chi connectivity index (χ1) is 7.99. The SMILES string of the molecule is COC(C)(C)[C@@H](C)NCC(=O)N(C)CC(F)(F)F. The molecular formula is C11H21F3N2O2. The highest BCUT2D eigenvalue weighted by Gasteiger charge is 2.31. The molecule has 0 saturated carbocycles. The summed E-state index contributed by atoms with van der Waals surface area (Å²) in [7, 11) is 2.67. The zero-order chi connectivity index (χ0) is 14.6. The second-order valence-corrected chi connectivity index (χ2v) is 4.78. The van der Waals surface area contributed by atoms with Gasteiger partial charge in [-0.2, -0.15) is 13.2 Å². The highest BCUT2D eigenvalue weighted by Crippen LogP contribution is 2.16. The van der Waals surface area contributed by atoms with E-state index in [0.29, 0.717) is 4.90 Å². The van der Waals surface area contributed by atoms with E-state index in [-0.39, 0.29) is 12.6 Å². The van der Waals surface area contributed by atoms with Crippen LogP contribution in [0.2, 0.25) is 0 Å². The second kappa shape index (κ2) is 6.38. The van der Waals surface area contributed by atoms with E-state index in [2.05, 4.69) is 5.32 Å². The number of hydrogen-bond acceptors (Lipinski definition) is 3. The van der Waals surface area contributed by atoms with Gasteiger partial charge in [-0.25, -0.2) is 0 Å². The van der Waals surface area contributed by atoms with E-state index >= 15 is 0 Å². The highest BCUT2D eigenvalue weighted by atomic mass is 19.4. The Morgan fingerprint density at radius 1 is 1.39 bits per heavy atom. The lowest BCUT2D eigenvalue weighted by molar-refractivity contribution is -0.158. The third-order valence-corrected chi connectivity index (χ3v) is 2.97. The zero-order valence-electron chi connectivity index (χ0n) is 11.4. The molecule has 18 heavy (non-hydrogen) atoms. The van der Waals surface area contributed by atoms with E-state index in [1.165, 1.54) is 7.11 Å². The number of methoxy groups -OCH3 is 1. The molecule has 1 N–H and O–H groups in total. The molecule has 0 aromatic carbocycles. The minimum Gasteiger partial charge on any atom is -0.377 e. The van der Waals surface area contributed by atoms with E-state index in [9.17, 15) is 18.0 Å². The summed E-state index contributed by atoms with van der Waals surface area (Å²) in [6.07, 6.45) is -4.37. The molecule has 0 radical (unpaired) electrons. The number of halogens is 3. The molecule has 0 bridgehead atoms. The first-order valence-corrected chi connectivity index (χ1v) is 5.59. The number of ether oxygens (including phenoxy) is 1.